The largest absolute Gasteiger partial charge is 0.383 e. The normalized spacial score (nSPS) is 10.4. The standard InChI is InChI=1S/C11H10Br2N2S/c12-8-5-9(7-14-6-8)15-4-3-10-1-2-11(13)16-10/h1-2,5-7,15H,3-4H2. The van der Waals surface area contributed by atoms with Crippen LogP contribution in [0.4, 0.5) is 5.69 Å². The van der Waals surface area contributed by atoms with Crippen LogP contribution < -0.4 is 5.32 Å². The van der Waals surface area contributed by atoms with Crippen LogP contribution in [0.2, 0.25) is 0 Å². The molecule has 0 atom stereocenters. The molecule has 0 unspecified atom stereocenters. The Hall–Kier alpha value is -0.390. The first-order valence-corrected chi connectivity index (χ1v) is 7.23. The molecule has 5 heteroatoms. The highest BCUT2D eigenvalue weighted by Gasteiger charge is 1.98. The average Bonchev–Trinajstić information content (AvgIpc) is 2.64. The molecule has 0 radical (unpaired) electrons. The lowest BCUT2D eigenvalue weighted by Crippen LogP contribution is -2.03. The van der Waals surface area contributed by atoms with Gasteiger partial charge in [0.2, 0.25) is 0 Å². The highest BCUT2D eigenvalue weighted by molar-refractivity contribution is 9.11. The smallest absolute Gasteiger partial charge is 0.0701 e. The molecule has 0 aliphatic heterocycles. The second-order valence-corrected chi connectivity index (χ2v) is 6.74. The van der Waals surface area contributed by atoms with E-state index in [2.05, 4.69) is 54.3 Å². The highest BCUT2D eigenvalue weighted by Crippen LogP contribution is 2.22. The zero-order valence-corrected chi connectivity index (χ0v) is 12.4. The number of aromatic nitrogens is 1. The van der Waals surface area contributed by atoms with Crippen molar-refractivity contribution < 1.29 is 0 Å². The van der Waals surface area contributed by atoms with Crippen molar-refractivity contribution in [3.05, 3.63) is 43.7 Å². The molecule has 2 nitrogen and oxygen atoms in total. The number of halogens is 2. The zero-order chi connectivity index (χ0) is 11.4. The fourth-order valence-electron chi connectivity index (χ4n) is 1.32. The van der Waals surface area contributed by atoms with Gasteiger partial charge in [-0.15, -0.1) is 11.3 Å². The first-order valence-electron chi connectivity index (χ1n) is 4.83. The Labute approximate surface area is 115 Å². The van der Waals surface area contributed by atoms with Crippen LogP contribution in [0.25, 0.3) is 0 Å². The summed E-state index contributed by atoms with van der Waals surface area (Å²) in [5.74, 6) is 0. The number of anilines is 1. The summed E-state index contributed by atoms with van der Waals surface area (Å²) in [6, 6.07) is 6.26. The van der Waals surface area contributed by atoms with Gasteiger partial charge in [0.25, 0.3) is 0 Å². The van der Waals surface area contributed by atoms with Gasteiger partial charge in [0, 0.05) is 22.1 Å². The van der Waals surface area contributed by atoms with Gasteiger partial charge in [0.15, 0.2) is 0 Å². The Morgan fingerprint density at radius 1 is 1.25 bits per heavy atom. The van der Waals surface area contributed by atoms with E-state index < -0.39 is 0 Å². The predicted molar refractivity (Wildman–Crippen MR) is 76.1 cm³/mol. The van der Waals surface area contributed by atoms with Gasteiger partial charge in [0.05, 0.1) is 15.7 Å². The lowest BCUT2D eigenvalue weighted by Gasteiger charge is -2.04. The predicted octanol–water partition coefficient (Wildman–Crippen LogP) is 4.32. The van der Waals surface area contributed by atoms with Crippen molar-refractivity contribution in [1.29, 1.82) is 0 Å². The molecule has 2 rings (SSSR count). The van der Waals surface area contributed by atoms with E-state index in [9.17, 15) is 0 Å². The van der Waals surface area contributed by atoms with Crippen molar-refractivity contribution >= 4 is 48.9 Å². The van der Waals surface area contributed by atoms with E-state index >= 15 is 0 Å². The summed E-state index contributed by atoms with van der Waals surface area (Å²) in [7, 11) is 0. The molecule has 0 bridgehead atoms. The minimum atomic E-state index is 0.922. The molecule has 2 aromatic rings. The van der Waals surface area contributed by atoms with Crippen molar-refractivity contribution in [2.45, 2.75) is 6.42 Å². The van der Waals surface area contributed by atoms with Gasteiger partial charge in [0.1, 0.15) is 0 Å². The molecule has 0 aliphatic carbocycles. The van der Waals surface area contributed by atoms with Crippen LogP contribution in [0.15, 0.2) is 38.9 Å². The summed E-state index contributed by atoms with van der Waals surface area (Å²) in [6.07, 6.45) is 4.64. The van der Waals surface area contributed by atoms with E-state index in [1.54, 1.807) is 17.5 Å². The monoisotopic (exact) mass is 360 g/mol. The van der Waals surface area contributed by atoms with Crippen LogP contribution in [-0.4, -0.2) is 11.5 Å². The molecule has 0 spiro atoms. The summed E-state index contributed by atoms with van der Waals surface area (Å²) in [5, 5.41) is 3.34. The Bertz CT molecular complexity index is 471. The van der Waals surface area contributed by atoms with Crippen molar-refractivity contribution in [3.8, 4) is 0 Å². The Kier molecular flexibility index (Phi) is 4.37. The molecule has 1 N–H and O–H groups in total. The van der Waals surface area contributed by atoms with E-state index in [0.717, 1.165) is 23.1 Å². The van der Waals surface area contributed by atoms with E-state index in [-0.39, 0.29) is 0 Å². The summed E-state index contributed by atoms with van der Waals surface area (Å²) >= 11 is 8.63. The number of pyridine rings is 1. The van der Waals surface area contributed by atoms with E-state index in [1.807, 2.05) is 12.3 Å². The Morgan fingerprint density at radius 3 is 2.81 bits per heavy atom. The number of nitrogens with one attached hydrogen (secondary N) is 1. The second-order valence-electron chi connectivity index (χ2n) is 3.27. The van der Waals surface area contributed by atoms with Gasteiger partial charge >= 0.3 is 0 Å². The van der Waals surface area contributed by atoms with Crippen molar-refractivity contribution in [2.75, 3.05) is 11.9 Å². The SMILES string of the molecule is Brc1cncc(NCCc2ccc(Br)s2)c1. The van der Waals surface area contributed by atoms with Crippen LogP contribution in [-0.2, 0) is 6.42 Å². The quantitative estimate of drug-likeness (QED) is 0.876. The van der Waals surface area contributed by atoms with Crippen LogP contribution in [0.1, 0.15) is 4.88 Å². The number of rotatable bonds is 4. The second kappa shape index (κ2) is 5.80. The molecule has 0 amide bonds. The third kappa shape index (κ3) is 3.57. The molecule has 0 aromatic carbocycles. The third-order valence-electron chi connectivity index (χ3n) is 2.03. The first kappa shape index (κ1) is 12.1. The number of thiophene rings is 1. The van der Waals surface area contributed by atoms with Gasteiger partial charge in [-0.25, -0.2) is 0 Å². The third-order valence-corrected chi connectivity index (χ3v) is 4.15. The topological polar surface area (TPSA) is 24.9 Å². The summed E-state index contributed by atoms with van der Waals surface area (Å²) in [6.45, 7) is 0.922. The minimum Gasteiger partial charge on any atom is -0.383 e. The molecule has 2 heterocycles. The van der Waals surface area contributed by atoms with Gasteiger partial charge in [-0.05, 0) is 56.5 Å². The molecule has 0 fully saturated rings. The van der Waals surface area contributed by atoms with E-state index in [4.69, 9.17) is 0 Å². The van der Waals surface area contributed by atoms with Crippen LogP contribution >= 0.6 is 43.2 Å². The highest BCUT2D eigenvalue weighted by atomic mass is 79.9. The maximum Gasteiger partial charge on any atom is 0.0701 e. The zero-order valence-electron chi connectivity index (χ0n) is 8.41. The van der Waals surface area contributed by atoms with E-state index in [0.29, 0.717) is 0 Å². The maximum atomic E-state index is 4.10. The van der Waals surface area contributed by atoms with Crippen molar-refractivity contribution in [1.82, 2.24) is 4.98 Å². The summed E-state index contributed by atoms with van der Waals surface area (Å²) in [5.41, 5.74) is 1.05. The first-order chi connectivity index (χ1) is 7.74. The van der Waals surface area contributed by atoms with Crippen LogP contribution in [0, 0.1) is 0 Å². The van der Waals surface area contributed by atoms with Gasteiger partial charge in [-0.2, -0.15) is 0 Å². The van der Waals surface area contributed by atoms with Crippen molar-refractivity contribution in [2.24, 2.45) is 0 Å². The fraction of sp³-hybridized carbons (Fsp3) is 0.182. The Balaban J connectivity index is 1.84. The fourth-order valence-corrected chi connectivity index (χ4v) is 3.17. The molecule has 0 saturated carbocycles. The minimum absolute atomic E-state index is 0.922. The van der Waals surface area contributed by atoms with E-state index in [1.165, 1.54) is 8.66 Å². The average molecular weight is 362 g/mol. The summed E-state index contributed by atoms with van der Waals surface area (Å²) in [4.78, 5) is 5.48. The molecule has 16 heavy (non-hydrogen) atoms. The van der Waals surface area contributed by atoms with Crippen molar-refractivity contribution in [3.63, 3.8) is 0 Å². The van der Waals surface area contributed by atoms with Gasteiger partial charge in [-0.3, -0.25) is 4.98 Å². The van der Waals surface area contributed by atoms with Crippen LogP contribution in [0.3, 0.4) is 0 Å². The van der Waals surface area contributed by atoms with Gasteiger partial charge < -0.3 is 5.32 Å². The molecule has 2 aromatic heterocycles. The molecule has 0 aliphatic rings. The maximum absolute atomic E-state index is 4.10. The lowest BCUT2D eigenvalue weighted by molar-refractivity contribution is 1.04. The Morgan fingerprint density at radius 2 is 2.12 bits per heavy atom. The lowest BCUT2D eigenvalue weighted by atomic mass is 10.3. The number of nitrogens with zero attached hydrogens (tertiary/aromatic N) is 1. The molecule has 84 valence electrons. The van der Waals surface area contributed by atoms with Crippen LogP contribution in [0.5, 0.6) is 0 Å². The number of hydrogen-bond acceptors (Lipinski definition) is 3. The summed E-state index contributed by atoms with van der Waals surface area (Å²) < 4.78 is 2.18. The molecule has 0 saturated heterocycles. The molecular formula is C11H10Br2N2S. The molecular weight excluding hydrogens is 352 g/mol. The van der Waals surface area contributed by atoms with Gasteiger partial charge in [-0.1, -0.05) is 0 Å². The number of hydrogen-bond donors (Lipinski definition) is 1.